The lowest BCUT2D eigenvalue weighted by Gasteiger charge is -2.20. The minimum absolute atomic E-state index is 0.200. The summed E-state index contributed by atoms with van der Waals surface area (Å²) in [5.41, 5.74) is 2.67. The van der Waals surface area contributed by atoms with Gasteiger partial charge in [-0.15, -0.1) is 0 Å². The van der Waals surface area contributed by atoms with Crippen molar-refractivity contribution in [3.05, 3.63) is 76.9 Å². The van der Waals surface area contributed by atoms with Crippen molar-refractivity contribution in [3.8, 4) is 5.82 Å². The monoisotopic (exact) mass is 438 g/mol. The van der Waals surface area contributed by atoms with Crippen LogP contribution in [0.4, 0.5) is 0 Å². The maximum absolute atomic E-state index is 4.49. The Morgan fingerprint density at radius 2 is 2.07 bits per heavy atom. The maximum Gasteiger partial charge on any atom is 0.191 e. The lowest BCUT2D eigenvalue weighted by Crippen LogP contribution is -2.41. The van der Waals surface area contributed by atoms with Gasteiger partial charge < -0.3 is 10.6 Å². The topological polar surface area (TPSA) is 67.1 Å². The van der Waals surface area contributed by atoms with Crippen LogP contribution in [0.5, 0.6) is 0 Å². The first kappa shape index (κ1) is 18.7. The Balaban J connectivity index is 1.33. The van der Waals surface area contributed by atoms with Crippen LogP contribution < -0.4 is 10.6 Å². The highest BCUT2D eigenvalue weighted by molar-refractivity contribution is 9.10. The molecule has 0 unspecified atom stereocenters. The molecule has 1 saturated carbocycles. The fourth-order valence-corrected chi connectivity index (χ4v) is 4.02. The van der Waals surface area contributed by atoms with Crippen LogP contribution in [0.25, 0.3) is 5.82 Å². The number of nitrogens with one attached hydrogen (secondary N) is 2. The second kappa shape index (κ2) is 8.14. The van der Waals surface area contributed by atoms with Crippen LogP contribution in [0.15, 0.2) is 70.8 Å². The Morgan fingerprint density at radius 3 is 2.71 bits per heavy atom. The number of hydrogen-bond acceptors (Lipinski definition) is 3. The predicted octanol–water partition coefficient (Wildman–Crippen LogP) is 3.43. The summed E-state index contributed by atoms with van der Waals surface area (Å²) in [4.78, 5) is 12.9. The van der Waals surface area contributed by atoms with Crippen LogP contribution in [0.1, 0.15) is 24.0 Å². The predicted molar refractivity (Wildman–Crippen MR) is 115 cm³/mol. The number of halogens is 1. The first-order chi connectivity index (χ1) is 13.7. The summed E-state index contributed by atoms with van der Waals surface area (Å²) in [6.45, 7) is 1.53. The Kier molecular flexibility index (Phi) is 5.43. The van der Waals surface area contributed by atoms with Crippen molar-refractivity contribution >= 4 is 21.9 Å². The van der Waals surface area contributed by atoms with E-state index >= 15 is 0 Å². The maximum atomic E-state index is 4.49. The van der Waals surface area contributed by atoms with Gasteiger partial charge in [-0.05, 0) is 36.1 Å². The molecule has 2 aromatic heterocycles. The molecule has 0 atom stereocenters. The van der Waals surface area contributed by atoms with E-state index < -0.39 is 0 Å². The van der Waals surface area contributed by atoms with Crippen molar-refractivity contribution in [2.75, 3.05) is 13.6 Å². The summed E-state index contributed by atoms with van der Waals surface area (Å²) in [5.74, 6) is 1.66. The van der Waals surface area contributed by atoms with E-state index in [-0.39, 0.29) is 5.41 Å². The summed E-state index contributed by atoms with van der Waals surface area (Å²) < 4.78 is 3.07. The number of benzene rings is 1. The molecule has 0 spiro atoms. The van der Waals surface area contributed by atoms with E-state index in [9.17, 15) is 0 Å². The van der Waals surface area contributed by atoms with E-state index in [1.807, 2.05) is 23.0 Å². The molecule has 7 heteroatoms. The number of nitrogens with zero attached hydrogens (tertiary/aromatic N) is 4. The highest BCUT2D eigenvalue weighted by Crippen LogP contribution is 2.49. The molecule has 1 aromatic carbocycles. The molecule has 2 heterocycles. The summed E-state index contributed by atoms with van der Waals surface area (Å²) in [6, 6.07) is 12.5. The van der Waals surface area contributed by atoms with Crippen LogP contribution in [0, 0.1) is 0 Å². The summed E-state index contributed by atoms with van der Waals surface area (Å²) in [7, 11) is 1.80. The smallest absolute Gasteiger partial charge is 0.191 e. The molecule has 4 rings (SSSR count). The zero-order valence-corrected chi connectivity index (χ0v) is 17.4. The molecule has 28 heavy (non-hydrogen) atoms. The van der Waals surface area contributed by atoms with Crippen molar-refractivity contribution in [1.82, 2.24) is 25.2 Å². The van der Waals surface area contributed by atoms with Crippen LogP contribution in [0.2, 0.25) is 0 Å². The van der Waals surface area contributed by atoms with Gasteiger partial charge in [0.1, 0.15) is 12.1 Å². The van der Waals surface area contributed by atoms with Crippen LogP contribution in [0.3, 0.4) is 0 Å². The first-order valence-electron chi connectivity index (χ1n) is 9.33. The van der Waals surface area contributed by atoms with Crippen molar-refractivity contribution in [1.29, 1.82) is 0 Å². The molecule has 0 aliphatic heterocycles. The Hall–Kier alpha value is -2.67. The second-order valence-electron chi connectivity index (χ2n) is 7.03. The highest BCUT2D eigenvalue weighted by atomic mass is 79.9. The lowest BCUT2D eigenvalue weighted by atomic mass is 9.96. The molecular formula is C21H23BrN6. The number of guanidine groups is 1. The lowest BCUT2D eigenvalue weighted by molar-refractivity contribution is 0.643. The van der Waals surface area contributed by atoms with Crippen molar-refractivity contribution < 1.29 is 0 Å². The molecule has 1 aliphatic rings. The first-order valence-corrected chi connectivity index (χ1v) is 10.1. The average molecular weight is 439 g/mol. The molecule has 0 saturated heterocycles. The Bertz CT molecular complexity index is 945. The number of imidazole rings is 1. The zero-order chi connectivity index (χ0) is 19.4. The van der Waals surface area contributed by atoms with E-state index in [2.05, 4.69) is 71.9 Å². The van der Waals surface area contributed by atoms with E-state index in [1.165, 1.54) is 22.9 Å². The number of rotatable bonds is 6. The van der Waals surface area contributed by atoms with E-state index in [0.717, 1.165) is 23.9 Å². The number of pyridine rings is 1. The van der Waals surface area contributed by atoms with E-state index in [0.29, 0.717) is 6.54 Å². The van der Waals surface area contributed by atoms with Gasteiger partial charge in [0, 0.05) is 48.6 Å². The van der Waals surface area contributed by atoms with Crippen molar-refractivity contribution in [2.24, 2.45) is 4.99 Å². The van der Waals surface area contributed by atoms with Gasteiger partial charge in [-0.1, -0.05) is 40.2 Å². The quantitative estimate of drug-likeness (QED) is 0.456. The number of hydrogen-bond donors (Lipinski definition) is 2. The fourth-order valence-electron chi connectivity index (χ4n) is 3.31. The third-order valence-electron chi connectivity index (χ3n) is 5.15. The minimum Gasteiger partial charge on any atom is -0.356 e. The van der Waals surface area contributed by atoms with Crippen LogP contribution in [-0.4, -0.2) is 34.1 Å². The van der Waals surface area contributed by atoms with E-state index in [1.54, 1.807) is 19.6 Å². The summed E-state index contributed by atoms with van der Waals surface area (Å²) in [6.07, 6.45) is 9.63. The molecule has 144 valence electrons. The minimum atomic E-state index is 0.200. The SMILES string of the molecule is CN=C(NCc1ccc(-n2ccnc2)nc1)NCC1(c2ccccc2Br)CC1. The van der Waals surface area contributed by atoms with Gasteiger partial charge in [0.15, 0.2) is 5.96 Å². The molecule has 1 aliphatic carbocycles. The average Bonchev–Trinajstić information content (AvgIpc) is 3.31. The van der Waals surface area contributed by atoms with Gasteiger partial charge in [0.25, 0.3) is 0 Å². The zero-order valence-electron chi connectivity index (χ0n) is 15.8. The standard InChI is InChI=1S/C21H23BrN6/c1-23-20(27-14-21(8-9-21)17-4-2-3-5-18(17)22)26-13-16-6-7-19(25-12-16)28-11-10-24-15-28/h2-7,10-12,15H,8-9,13-14H2,1H3,(H2,23,26,27). The van der Waals surface area contributed by atoms with Gasteiger partial charge in [-0.25, -0.2) is 9.97 Å². The molecule has 3 aromatic rings. The molecule has 2 N–H and O–H groups in total. The molecule has 0 amide bonds. The second-order valence-corrected chi connectivity index (χ2v) is 7.89. The molecule has 0 radical (unpaired) electrons. The highest BCUT2D eigenvalue weighted by Gasteiger charge is 2.45. The summed E-state index contributed by atoms with van der Waals surface area (Å²) >= 11 is 3.69. The molecule has 1 fully saturated rings. The molecular weight excluding hydrogens is 416 g/mol. The van der Waals surface area contributed by atoms with Gasteiger partial charge in [0.05, 0.1) is 0 Å². The van der Waals surface area contributed by atoms with Gasteiger partial charge in [-0.3, -0.25) is 9.56 Å². The van der Waals surface area contributed by atoms with Crippen LogP contribution >= 0.6 is 15.9 Å². The number of aromatic nitrogens is 3. The van der Waals surface area contributed by atoms with E-state index in [4.69, 9.17) is 0 Å². The van der Waals surface area contributed by atoms with Crippen molar-refractivity contribution in [2.45, 2.75) is 24.8 Å². The third kappa shape index (κ3) is 4.09. The summed E-state index contributed by atoms with van der Waals surface area (Å²) in [5, 5.41) is 6.86. The van der Waals surface area contributed by atoms with Crippen molar-refractivity contribution in [3.63, 3.8) is 0 Å². The Morgan fingerprint density at radius 1 is 1.21 bits per heavy atom. The van der Waals surface area contributed by atoms with Gasteiger partial charge in [-0.2, -0.15) is 0 Å². The third-order valence-corrected chi connectivity index (χ3v) is 5.85. The molecule has 0 bridgehead atoms. The van der Waals surface area contributed by atoms with Gasteiger partial charge in [0.2, 0.25) is 0 Å². The van der Waals surface area contributed by atoms with Crippen LogP contribution in [-0.2, 0) is 12.0 Å². The number of aliphatic imine (C=N–C) groups is 1. The molecule has 6 nitrogen and oxygen atoms in total. The fraction of sp³-hybridized carbons (Fsp3) is 0.286. The van der Waals surface area contributed by atoms with Gasteiger partial charge >= 0.3 is 0 Å². The Labute approximate surface area is 173 Å². The normalized spacial score (nSPS) is 15.3. The largest absolute Gasteiger partial charge is 0.356 e.